The number of aliphatic carboxylic acids is 1. The highest BCUT2D eigenvalue weighted by atomic mass is 16.6. The minimum atomic E-state index is -1.58. The second kappa shape index (κ2) is 7.05. The molecule has 1 amide bonds. The zero-order valence-electron chi connectivity index (χ0n) is 14.9. The van der Waals surface area contributed by atoms with Crippen LogP contribution in [0.1, 0.15) is 21.5 Å². The third-order valence-electron chi connectivity index (χ3n) is 4.70. The fourth-order valence-electron chi connectivity index (χ4n) is 3.43. The molecule has 1 aliphatic rings. The van der Waals surface area contributed by atoms with E-state index in [2.05, 4.69) is 5.32 Å². The van der Waals surface area contributed by atoms with Crippen LogP contribution in [0.2, 0.25) is 0 Å². The van der Waals surface area contributed by atoms with E-state index < -0.39 is 22.5 Å². The fraction of sp³-hybridized carbons (Fsp3) is 0. The summed E-state index contributed by atoms with van der Waals surface area (Å²) in [4.78, 5) is 35.2. The number of hydrogen-bond donors (Lipinski definition) is 1. The maximum absolute atomic E-state index is 12.6. The lowest BCUT2D eigenvalue weighted by Crippen LogP contribution is -2.36. The predicted molar refractivity (Wildman–Crippen MR) is 103 cm³/mol. The van der Waals surface area contributed by atoms with Gasteiger partial charge in [0.2, 0.25) is 0 Å². The van der Waals surface area contributed by atoms with Gasteiger partial charge in [-0.3, -0.25) is 14.9 Å². The molecule has 0 aliphatic heterocycles. The minimum Gasteiger partial charge on any atom is -0.543 e. The Bertz CT molecular complexity index is 1200. The number of carboxylic acids is 1. The molecule has 1 N–H and O–H groups in total. The normalized spacial score (nSPS) is 13.2. The topological polar surface area (TPSA) is 112 Å². The Morgan fingerprint density at radius 1 is 0.793 bits per heavy atom. The van der Waals surface area contributed by atoms with Crippen LogP contribution >= 0.6 is 0 Å². The van der Waals surface area contributed by atoms with E-state index in [9.17, 15) is 24.8 Å². The minimum absolute atomic E-state index is 0.180. The molecule has 0 spiro atoms. The number of nitro groups is 1. The van der Waals surface area contributed by atoms with E-state index in [4.69, 9.17) is 0 Å². The lowest BCUT2D eigenvalue weighted by Gasteiger charge is -2.16. The monoisotopic (exact) mass is 385 g/mol. The molecule has 0 unspecified atom stereocenters. The molecule has 0 saturated heterocycles. The molecule has 0 radical (unpaired) electrons. The first-order valence-corrected chi connectivity index (χ1v) is 8.68. The fourth-order valence-corrected chi connectivity index (χ4v) is 3.43. The van der Waals surface area contributed by atoms with Crippen LogP contribution in [0, 0.1) is 10.1 Å². The molecule has 0 bridgehead atoms. The number of amides is 1. The van der Waals surface area contributed by atoms with Crippen molar-refractivity contribution in [1.82, 2.24) is 5.32 Å². The van der Waals surface area contributed by atoms with Gasteiger partial charge in [-0.25, -0.2) is 0 Å². The van der Waals surface area contributed by atoms with Crippen molar-refractivity contribution in [2.24, 2.45) is 0 Å². The van der Waals surface area contributed by atoms with Gasteiger partial charge in [-0.1, -0.05) is 42.5 Å². The average Bonchev–Trinajstić information content (AvgIpc) is 3.05. The molecule has 29 heavy (non-hydrogen) atoms. The number of carbonyl (C=O) groups excluding carboxylic acids is 2. The Hall–Kier alpha value is -4.26. The summed E-state index contributed by atoms with van der Waals surface area (Å²) in [6.07, 6.45) is 0. The van der Waals surface area contributed by atoms with E-state index in [1.165, 1.54) is 12.1 Å². The molecule has 0 atom stereocenters. The van der Waals surface area contributed by atoms with Crippen molar-refractivity contribution in [3.63, 3.8) is 0 Å². The van der Waals surface area contributed by atoms with Gasteiger partial charge >= 0.3 is 0 Å². The van der Waals surface area contributed by atoms with Gasteiger partial charge in [-0.05, 0) is 40.5 Å². The Balaban J connectivity index is 1.93. The summed E-state index contributed by atoms with van der Waals surface area (Å²) in [5.74, 6) is -2.20. The molecule has 0 aromatic heterocycles. The zero-order chi connectivity index (χ0) is 20.5. The first-order chi connectivity index (χ1) is 14.0. The van der Waals surface area contributed by atoms with Crippen LogP contribution in [0.15, 0.2) is 78.5 Å². The van der Waals surface area contributed by atoms with Gasteiger partial charge < -0.3 is 15.2 Å². The Morgan fingerprint density at radius 2 is 1.41 bits per heavy atom. The van der Waals surface area contributed by atoms with Crippen molar-refractivity contribution in [2.75, 3.05) is 0 Å². The number of nitro benzene ring substituents is 1. The highest BCUT2D eigenvalue weighted by Crippen LogP contribution is 2.46. The van der Waals surface area contributed by atoms with Gasteiger partial charge in [0.25, 0.3) is 11.6 Å². The molecule has 1 aliphatic carbocycles. The quantitative estimate of drug-likeness (QED) is 0.329. The van der Waals surface area contributed by atoms with Crippen LogP contribution in [0.3, 0.4) is 0 Å². The largest absolute Gasteiger partial charge is 0.543 e. The summed E-state index contributed by atoms with van der Waals surface area (Å²) in [6.45, 7) is 0. The highest BCUT2D eigenvalue weighted by molar-refractivity contribution is 6.12. The Morgan fingerprint density at radius 3 is 2.07 bits per heavy atom. The molecule has 3 aromatic carbocycles. The first kappa shape index (κ1) is 18.1. The number of hydrogen-bond acceptors (Lipinski definition) is 5. The van der Waals surface area contributed by atoms with Crippen molar-refractivity contribution in [3.8, 4) is 11.1 Å². The molecule has 7 heteroatoms. The highest BCUT2D eigenvalue weighted by Gasteiger charge is 2.29. The average molecular weight is 385 g/mol. The third kappa shape index (κ3) is 3.14. The smallest absolute Gasteiger partial charge is 0.270 e. The van der Waals surface area contributed by atoms with E-state index in [0.29, 0.717) is 16.7 Å². The molecule has 0 saturated carbocycles. The summed E-state index contributed by atoms with van der Waals surface area (Å²) in [7, 11) is 0. The number of benzene rings is 3. The van der Waals surface area contributed by atoms with Crippen molar-refractivity contribution in [1.29, 1.82) is 0 Å². The Kier molecular flexibility index (Phi) is 4.40. The van der Waals surface area contributed by atoms with Gasteiger partial charge in [0.05, 0.1) is 16.6 Å². The maximum Gasteiger partial charge on any atom is 0.270 e. The van der Waals surface area contributed by atoms with E-state index in [1.807, 2.05) is 0 Å². The number of nitrogens with one attached hydrogen (secondary N) is 1. The number of nitrogens with zero attached hydrogens (tertiary/aromatic N) is 1. The molecular weight excluding hydrogens is 372 g/mol. The first-order valence-electron chi connectivity index (χ1n) is 8.68. The summed E-state index contributed by atoms with van der Waals surface area (Å²) in [5.41, 5.74) is 2.12. The maximum atomic E-state index is 12.6. The SMILES string of the molecule is O=C([O-])/C(NC(=O)c1ccccc1)=C1\c2ccccc2-c2ccc([N+](=O)[O-])cc21. The van der Waals surface area contributed by atoms with E-state index in [1.54, 1.807) is 60.7 Å². The van der Waals surface area contributed by atoms with Gasteiger partial charge in [0, 0.05) is 23.3 Å². The second-order valence-electron chi connectivity index (χ2n) is 6.39. The van der Waals surface area contributed by atoms with Crippen molar-refractivity contribution < 1.29 is 19.6 Å². The standard InChI is InChI=1S/C22H14N2O5/c25-21(13-6-2-1-3-7-13)23-20(22(26)27)19-17-9-5-4-8-15(17)16-11-10-14(24(28)29)12-18(16)19/h1-12H,(H,23,25)(H,26,27)/p-1/b20-19-. The molecule has 4 rings (SSSR count). The number of fused-ring (bicyclic) bond motifs is 3. The van der Waals surface area contributed by atoms with Crippen LogP contribution in [-0.2, 0) is 4.79 Å². The lowest BCUT2D eigenvalue weighted by molar-refractivity contribution is -0.384. The second-order valence-corrected chi connectivity index (χ2v) is 6.39. The number of non-ortho nitro benzene ring substituents is 1. The third-order valence-corrected chi connectivity index (χ3v) is 4.70. The molecule has 3 aromatic rings. The molecular formula is C22H13N2O5-. The lowest BCUT2D eigenvalue weighted by atomic mass is 10.0. The van der Waals surface area contributed by atoms with Gasteiger partial charge in [0.15, 0.2) is 0 Å². The zero-order valence-corrected chi connectivity index (χ0v) is 14.9. The Labute approximate surface area is 165 Å². The van der Waals surface area contributed by atoms with E-state index in [0.717, 1.165) is 5.56 Å². The van der Waals surface area contributed by atoms with Crippen molar-refractivity contribution in [2.45, 2.75) is 0 Å². The van der Waals surface area contributed by atoms with E-state index >= 15 is 0 Å². The number of carbonyl (C=O) groups is 2. The van der Waals surface area contributed by atoms with Crippen LogP contribution in [0.4, 0.5) is 5.69 Å². The van der Waals surface area contributed by atoms with Crippen molar-refractivity contribution in [3.05, 3.63) is 105 Å². The summed E-state index contributed by atoms with van der Waals surface area (Å²) >= 11 is 0. The molecule has 0 fully saturated rings. The van der Waals surface area contributed by atoms with Crippen LogP contribution in [0.5, 0.6) is 0 Å². The van der Waals surface area contributed by atoms with Gasteiger partial charge in [-0.15, -0.1) is 0 Å². The molecule has 7 nitrogen and oxygen atoms in total. The number of carboxylic acid groups (broad SMARTS) is 1. The summed E-state index contributed by atoms with van der Waals surface area (Å²) in [5, 5.41) is 25.6. The van der Waals surface area contributed by atoms with Crippen LogP contribution < -0.4 is 10.4 Å². The number of rotatable bonds is 4. The molecule has 142 valence electrons. The van der Waals surface area contributed by atoms with Gasteiger partial charge in [-0.2, -0.15) is 0 Å². The van der Waals surface area contributed by atoms with Crippen LogP contribution in [0.25, 0.3) is 16.7 Å². The van der Waals surface area contributed by atoms with Gasteiger partial charge in [0.1, 0.15) is 0 Å². The summed E-state index contributed by atoms with van der Waals surface area (Å²) < 4.78 is 0. The van der Waals surface area contributed by atoms with Crippen LogP contribution in [-0.4, -0.2) is 16.8 Å². The predicted octanol–water partition coefficient (Wildman–Crippen LogP) is 2.51. The summed E-state index contributed by atoms with van der Waals surface area (Å²) in [6, 6.07) is 19.4. The molecule has 0 heterocycles. The van der Waals surface area contributed by atoms with E-state index in [-0.39, 0.29) is 16.8 Å². The van der Waals surface area contributed by atoms with Crippen molar-refractivity contribution >= 4 is 23.1 Å².